The Hall–Kier alpha value is -2.06. The van der Waals surface area contributed by atoms with Gasteiger partial charge in [-0.05, 0) is 31.2 Å². The summed E-state index contributed by atoms with van der Waals surface area (Å²) in [6.45, 7) is 3.41. The fraction of sp³-hybridized carbons (Fsp3) is 0.333. The van der Waals surface area contributed by atoms with Crippen LogP contribution in [0.15, 0.2) is 41.3 Å². The summed E-state index contributed by atoms with van der Waals surface area (Å²) < 4.78 is 40.2. The maximum atomic E-state index is 13.8. The van der Waals surface area contributed by atoms with E-state index in [1.165, 1.54) is 22.5 Å². The van der Waals surface area contributed by atoms with Crippen LogP contribution in [0.25, 0.3) is 0 Å². The van der Waals surface area contributed by atoms with Crippen molar-refractivity contribution in [1.82, 2.24) is 14.5 Å². The zero-order valence-corrected chi connectivity index (χ0v) is 13.5. The SMILES string of the molecule is Cc1ccc(N2CCN(S(=O)(=O)c3ccccc3F)CC2)nn1. The monoisotopic (exact) mass is 336 g/mol. The van der Waals surface area contributed by atoms with Gasteiger partial charge in [-0.2, -0.15) is 9.40 Å². The highest BCUT2D eigenvalue weighted by molar-refractivity contribution is 7.89. The van der Waals surface area contributed by atoms with E-state index in [9.17, 15) is 12.8 Å². The summed E-state index contributed by atoms with van der Waals surface area (Å²) >= 11 is 0. The van der Waals surface area contributed by atoms with Gasteiger partial charge in [-0.25, -0.2) is 12.8 Å². The van der Waals surface area contributed by atoms with Gasteiger partial charge < -0.3 is 4.90 Å². The molecule has 1 aliphatic rings. The largest absolute Gasteiger partial charge is 0.352 e. The van der Waals surface area contributed by atoms with Gasteiger partial charge in [0.1, 0.15) is 10.7 Å². The molecule has 3 rings (SSSR count). The number of halogens is 1. The lowest BCUT2D eigenvalue weighted by Gasteiger charge is -2.34. The fourth-order valence-electron chi connectivity index (χ4n) is 2.51. The highest BCUT2D eigenvalue weighted by Gasteiger charge is 2.30. The van der Waals surface area contributed by atoms with Crippen molar-refractivity contribution in [2.75, 3.05) is 31.1 Å². The summed E-state index contributed by atoms with van der Waals surface area (Å²) in [6, 6.07) is 9.18. The number of piperazine rings is 1. The number of hydrogen-bond acceptors (Lipinski definition) is 5. The van der Waals surface area contributed by atoms with Gasteiger partial charge in [0.05, 0.1) is 5.69 Å². The van der Waals surface area contributed by atoms with Crippen molar-refractivity contribution >= 4 is 15.8 Å². The summed E-state index contributed by atoms with van der Waals surface area (Å²) in [6.07, 6.45) is 0. The highest BCUT2D eigenvalue weighted by Crippen LogP contribution is 2.21. The minimum atomic E-state index is -3.81. The molecular formula is C15H17FN4O2S. The quantitative estimate of drug-likeness (QED) is 0.848. The van der Waals surface area contributed by atoms with Gasteiger partial charge in [-0.15, -0.1) is 5.10 Å². The van der Waals surface area contributed by atoms with Gasteiger partial charge in [0.15, 0.2) is 5.82 Å². The number of benzene rings is 1. The van der Waals surface area contributed by atoms with Crippen molar-refractivity contribution in [2.24, 2.45) is 0 Å². The average Bonchev–Trinajstić information content (AvgIpc) is 2.56. The topological polar surface area (TPSA) is 66.4 Å². The third-order valence-corrected chi connectivity index (χ3v) is 5.73. The van der Waals surface area contributed by atoms with Gasteiger partial charge in [-0.3, -0.25) is 0 Å². The molecule has 1 fully saturated rings. The molecule has 23 heavy (non-hydrogen) atoms. The summed E-state index contributed by atoms with van der Waals surface area (Å²) in [4.78, 5) is 1.70. The number of sulfonamides is 1. The maximum absolute atomic E-state index is 13.8. The van der Waals surface area contributed by atoms with Crippen molar-refractivity contribution in [3.63, 3.8) is 0 Å². The first-order valence-corrected chi connectivity index (χ1v) is 8.72. The first-order valence-electron chi connectivity index (χ1n) is 7.28. The molecule has 0 spiro atoms. The second-order valence-corrected chi connectivity index (χ2v) is 7.26. The maximum Gasteiger partial charge on any atom is 0.246 e. The number of rotatable bonds is 3. The van der Waals surface area contributed by atoms with Crippen molar-refractivity contribution in [2.45, 2.75) is 11.8 Å². The molecule has 6 nitrogen and oxygen atoms in total. The van der Waals surface area contributed by atoms with Gasteiger partial charge >= 0.3 is 0 Å². The third-order valence-electron chi connectivity index (χ3n) is 3.80. The van der Waals surface area contributed by atoms with E-state index in [1.54, 1.807) is 0 Å². The van der Waals surface area contributed by atoms with E-state index in [2.05, 4.69) is 10.2 Å². The van der Waals surface area contributed by atoms with Gasteiger partial charge in [0.25, 0.3) is 0 Å². The second kappa shape index (κ2) is 6.21. The Labute approximate surface area is 134 Å². The van der Waals surface area contributed by atoms with Crippen molar-refractivity contribution in [1.29, 1.82) is 0 Å². The summed E-state index contributed by atoms with van der Waals surface area (Å²) in [5, 5.41) is 8.12. The molecule has 0 saturated carbocycles. The number of hydrogen-bond donors (Lipinski definition) is 0. The highest BCUT2D eigenvalue weighted by atomic mass is 32.2. The standard InChI is InChI=1S/C15H17FN4O2S/c1-12-6-7-15(18-17-12)19-8-10-20(11-9-19)23(21,22)14-5-3-2-4-13(14)16/h2-7H,8-11H2,1H3. The summed E-state index contributed by atoms with van der Waals surface area (Å²) in [5.41, 5.74) is 0.828. The lowest BCUT2D eigenvalue weighted by Crippen LogP contribution is -2.49. The number of nitrogens with zero attached hydrogens (tertiary/aromatic N) is 4. The zero-order valence-electron chi connectivity index (χ0n) is 12.7. The predicted octanol–water partition coefficient (Wildman–Crippen LogP) is 1.44. The number of aromatic nitrogens is 2. The third kappa shape index (κ3) is 3.18. The van der Waals surface area contributed by atoms with Gasteiger partial charge in [-0.1, -0.05) is 12.1 Å². The van der Waals surface area contributed by atoms with E-state index in [1.807, 2.05) is 24.0 Å². The second-order valence-electron chi connectivity index (χ2n) is 5.35. The first-order chi connectivity index (χ1) is 11.0. The molecule has 8 heteroatoms. The van der Waals surface area contributed by atoms with E-state index in [0.717, 1.165) is 17.6 Å². The van der Waals surface area contributed by atoms with Crippen LogP contribution in [-0.2, 0) is 10.0 Å². The molecule has 0 unspecified atom stereocenters. The Kier molecular flexibility index (Phi) is 4.27. The van der Waals surface area contributed by atoms with Crippen LogP contribution in [0.1, 0.15) is 5.69 Å². The lowest BCUT2D eigenvalue weighted by molar-refractivity contribution is 0.381. The Morgan fingerprint density at radius 1 is 1.00 bits per heavy atom. The number of anilines is 1. The van der Waals surface area contributed by atoms with E-state index < -0.39 is 15.8 Å². The summed E-state index contributed by atoms with van der Waals surface area (Å²) in [5.74, 6) is -0.00197. The molecule has 1 aliphatic heterocycles. The molecule has 0 atom stereocenters. The van der Waals surface area contributed by atoms with Crippen LogP contribution >= 0.6 is 0 Å². The van der Waals surface area contributed by atoms with Gasteiger partial charge in [0, 0.05) is 26.2 Å². The first kappa shape index (κ1) is 15.8. The Morgan fingerprint density at radius 2 is 1.70 bits per heavy atom. The minimum Gasteiger partial charge on any atom is -0.352 e. The average molecular weight is 336 g/mol. The Bertz CT molecular complexity index is 787. The normalized spacial score (nSPS) is 16.5. The molecule has 1 aromatic carbocycles. The van der Waals surface area contributed by atoms with Crippen LogP contribution in [0, 0.1) is 12.7 Å². The van der Waals surface area contributed by atoms with E-state index >= 15 is 0 Å². The van der Waals surface area contributed by atoms with E-state index in [-0.39, 0.29) is 18.0 Å². The predicted molar refractivity (Wildman–Crippen MR) is 84.1 cm³/mol. The van der Waals surface area contributed by atoms with Crippen molar-refractivity contribution < 1.29 is 12.8 Å². The Morgan fingerprint density at radius 3 is 2.30 bits per heavy atom. The van der Waals surface area contributed by atoms with Crippen LogP contribution in [0.5, 0.6) is 0 Å². The van der Waals surface area contributed by atoms with Crippen molar-refractivity contribution in [3.05, 3.63) is 47.9 Å². The minimum absolute atomic E-state index is 0.274. The molecule has 0 bridgehead atoms. The molecule has 1 saturated heterocycles. The van der Waals surface area contributed by atoms with Crippen LogP contribution in [0.3, 0.4) is 0 Å². The Balaban J connectivity index is 1.74. The molecule has 0 radical (unpaired) electrons. The van der Waals surface area contributed by atoms with Crippen LogP contribution < -0.4 is 4.90 Å². The molecule has 0 aliphatic carbocycles. The molecule has 1 aromatic heterocycles. The fourth-order valence-corrected chi connectivity index (χ4v) is 4.00. The molecule has 0 N–H and O–H groups in total. The number of aryl methyl sites for hydroxylation is 1. The summed E-state index contributed by atoms with van der Waals surface area (Å²) in [7, 11) is -3.81. The molecule has 122 valence electrons. The van der Waals surface area contributed by atoms with Crippen LogP contribution in [-0.4, -0.2) is 49.1 Å². The lowest BCUT2D eigenvalue weighted by atomic mass is 10.3. The zero-order chi connectivity index (χ0) is 16.4. The van der Waals surface area contributed by atoms with Crippen molar-refractivity contribution in [3.8, 4) is 0 Å². The van der Waals surface area contributed by atoms with E-state index in [4.69, 9.17) is 0 Å². The van der Waals surface area contributed by atoms with Gasteiger partial charge in [0.2, 0.25) is 10.0 Å². The van der Waals surface area contributed by atoms with E-state index in [0.29, 0.717) is 13.1 Å². The molecular weight excluding hydrogens is 319 g/mol. The molecule has 2 heterocycles. The molecule has 0 amide bonds. The van der Waals surface area contributed by atoms with Crippen LogP contribution in [0.2, 0.25) is 0 Å². The smallest absolute Gasteiger partial charge is 0.246 e. The molecule has 2 aromatic rings. The van der Waals surface area contributed by atoms with Crippen LogP contribution in [0.4, 0.5) is 10.2 Å².